The summed E-state index contributed by atoms with van der Waals surface area (Å²) < 4.78 is 41.7. The number of anilines is 2. The topological polar surface area (TPSA) is 58.9 Å². The molecule has 1 atom stereocenters. The van der Waals surface area contributed by atoms with E-state index < -0.39 is 12.0 Å². The molecule has 35 heavy (non-hydrogen) atoms. The summed E-state index contributed by atoms with van der Waals surface area (Å²) in [5, 5.41) is 6.88. The first kappa shape index (κ1) is 22.5. The number of nitrogens with zero attached hydrogens (tertiary/aromatic N) is 5. The molecule has 1 saturated heterocycles. The summed E-state index contributed by atoms with van der Waals surface area (Å²) in [6.45, 7) is 2.39. The van der Waals surface area contributed by atoms with Crippen LogP contribution < -0.4 is 5.32 Å². The Balaban J connectivity index is 1.27. The van der Waals surface area contributed by atoms with Gasteiger partial charge in [0.1, 0.15) is 0 Å². The van der Waals surface area contributed by atoms with Crippen molar-refractivity contribution in [3.63, 3.8) is 0 Å². The first-order chi connectivity index (χ1) is 16.9. The van der Waals surface area contributed by atoms with Crippen LogP contribution in [0.1, 0.15) is 67.1 Å². The zero-order valence-electron chi connectivity index (χ0n) is 19.6. The molecular weight excluding hydrogens is 453 g/mol. The van der Waals surface area contributed by atoms with Gasteiger partial charge in [-0.15, -0.1) is 5.10 Å². The third kappa shape index (κ3) is 4.78. The molecule has 9 heteroatoms. The first-order valence-corrected chi connectivity index (χ1v) is 12.6. The number of fused-ring (bicyclic) bond motifs is 1. The van der Waals surface area contributed by atoms with E-state index in [1.54, 1.807) is 6.07 Å². The molecule has 3 aliphatic rings. The number of hydrogen-bond acceptors (Lipinski definition) is 5. The number of aryl methyl sites for hydroxylation is 2. The summed E-state index contributed by atoms with van der Waals surface area (Å²) in [4.78, 5) is 11.0. The predicted molar refractivity (Wildman–Crippen MR) is 127 cm³/mol. The zero-order chi connectivity index (χ0) is 24.0. The number of pyridine rings is 1. The van der Waals surface area contributed by atoms with Gasteiger partial charge in [-0.2, -0.15) is 22.8 Å². The average molecular weight is 483 g/mol. The van der Waals surface area contributed by atoms with E-state index in [9.17, 15) is 13.2 Å². The lowest BCUT2D eigenvalue weighted by Gasteiger charge is -2.25. The Kier molecular flexibility index (Phi) is 5.75. The molecule has 1 aromatic carbocycles. The summed E-state index contributed by atoms with van der Waals surface area (Å²) in [5.41, 5.74) is 4.18. The van der Waals surface area contributed by atoms with E-state index >= 15 is 0 Å². The van der Waals surface area contributed by atoms with Crippen LogP contribution in [0, 0.1) is 0 Å². The van der Waals surface area contributed by atoms with Crippen LogP contribution in [0.3, 0.4) is 0 Å². The molecule has 1 aliphatic heterocycles. The molecule has 6 rings (SSSR count). The van der Waals surface area contributed by atoms with Crippen molar-refractivity contribution in [2.24, 2.45) is 0 Å². The molecule has 2 fully saturated rings. The summed E-state index contributed by atoms with van der Waals surface area (Å²) in [5.74, 6) is -0.447. The van der Waals surface area contributed by atoms with Gasteiger partial charge in [-0.25, -0.2) is 4.98 Å². The molecule has 0 bridgehead atoms. The summed E-state index contributed by atoms with van der Waals surface area (Å²) >= 11 is 0. The minimum absolute atomic E-state index is 0.0151. The Labute approximate surface area is 202 Å². The largest absolute Gasteiger partial charge is 0.453 e. The van der Waals surface area contributed by atoms with Crippen molar-refractivity contribution >= 4 is 11.6 Å². The SMILES string of the molecule is FC(F)(F)c1nc(Nc2ccc3c(c2)CCC(N2CCCC2)CC3)n(-c2cccc(C3CC3)n2)n1. The number of alkyl halides is 3. The lowest BCUT2D eigenvalue weighted by atomic mass is 10.0. The fourth-order valence-electron chi connectivity index (χ4n) is 5.41. The van der Waals surface area contributed by atoms with Gasteiger partial charge < -0.3 is 10.2 Å². The summed E-state index contributed by atoms with van der Waals surface area (Å²) in [7, 11) is 0. The van der Waals surface area contributed by atoms with Crippen molar-refractivity contribution in [2.75, 3.05) is 18.4 Å². The van der Waals surface area contributed by atoms with E-state index in [0.29, 0.717) is 23.5 Å². The normalized spacial score (nSPS) is 21.1. The second kappa shape index (κ2) is 8.93. The highest BCUT2D eigenvalue weighted by Crippen LogP contribution is 2.39. The molecule has 0 amide bonds. The van der Waals surface area contributed by atoms with Crippen LogP contribution in [0.2, 0.25) is 0 Å². The second-order valence-electron chi connectivity index (χ2n) is 9.95. The van der Waals surface area contributed by atoms with E-state index in [-0.39, 0.29) is 5.95 Å². The molecular formula is C26H29F3N6. The predicted octanol–water partition coefficient (Wildman–Crippen LogP) is 5.65. The number of rotatable bonds is 5. The highest BCUT2D eigenvalue weighted by atomic mass is 19.4. The highest BCUT2D eigenvalue weighted by Gasteiger charge is 2.38. The van der Waals surface area contributed by atoms with Crippen LogP contribution in [0.5, 0.6) is 0 Å². The molecule has 184 valence electrons. The molecule has 1 N–H and O–H groups in total. The monoisotopic (exact) mass is 482 g/mol. The van der Waals surface area contributed by atoms with Crippen molar-refractivity contribution in [1.82, 2.24) is 24.6 Å². The van der Waals surface area contributed by atoms with Crippen molar-refractivity contribution < 1.29 is 13.2 Å². The Morgan fingerprint density at radius 2 is 1.66 bits per heavy atom. The molecule has 3 aromatic rings. The third-order valence-electron chi connectivity index (χ3n) is 7.44. The van der Waals surface area contributed by atoms with Crippen LogP contribution in [0.15, 0.2) is 36.4 Å². The average Bonchev–Trinajstić information content (AvgIpc) is 3.45. The van der Waals surface area contributed by atoms with E-state index in [2.05, 4.69) is 37.4 Å². The van der Waals surface area contributed by atoms with Crippen LogP contribution in [0.25, 0.3) is 5.82 Å². The van der Waals surface area contributed by atoms with E-state index in [4.69, 9.17) is 0 Å². The smallest absolute Gasteiger partial charge is 0.324 e. The quantitative estimate of drug-likeness (QED) is 0.477. The Bertz CT molecular complexity index is 1210. The van der Waals surface area contributed by atoms with Gasteiger partial charge in [0.25, 0.3) is 5.82 Å². The van der Waals surface area contributed by atoms with Crippen molar-refractivity contribution in [1.29, 1.82) is 0 Å². The fourth-order valence-corrected chi connectivity index (χ4v) is 5.41. The van der Waals surface area contributed by atoms with E-state index in [0.717, 1.165) is 44.2 Å². The number of aromatic nitrogens is 4. The number of nitrogens with one attached hydrogen (secondary N) is 1. The summed E-state index contributed by atoms with van der Waals surface area (Å²) in [6, 6.07) is 12.1. The molecule has 0 spiro atoms. The van der Waals surface area contributed by atoms with Gasteiger partial charge in [0.15, 0.2) is 5.82 Å². The van der Waals surface area contributed by atoms with Gasteiger partial charge in [-0.1, -0.05) is 12.1 Å². The maximum absolute atomic E-state index is 13.5. The maximum atomic E-state index is 13.5. The van der Waals surface area contributed by atoms with Gasteiger partial charge in [0.05, 0.1) is 0 Å². The third-order valence-corrected chi connectivity index (χ3v) is 7.44. The minimum Gasteiger partial charge on any atom is -0.324 e. The molecule has 3 heterocycles. The number of hydrogen-bond donors (Lipinski definition) is 1. The van der Waals surface area contributed by atoms with Crippen molar-refractivity contribution in [3.05, 3.63) is 59.0 Å². The van der Waals surface area contributed by atoms with Gasteiger partial charge in [0.2, 0.25) is 5.95 Å². The van der Waals surface area contributed by atoms with Crippen LogP contribution >= 0.6 is 0 Å². The zero-order valence-corrected chi connectivity index (χ0v) is 19.6. The molecule has 2 aromatic heterocycles. The van der Waals surface area contributed by atoms with Gasteiger partial charge >= 0.3 is 6.18 Å². The van der Waals surface area contributed by atoms with Gasteiger partial charge in [0, 0.05) is 23.3 Å². The lowest BCUT2D eigenvalue weighted by Crippen LogP contribution is -2.32. The Hall–Kier alpha value is -2.94. The molecule has 6 nitrogen and oxygen atoms in total. The van der Waals surface area contributed by atoms with Crippen LogP contribution in [-0.2, 0) is 19.0 Å². The van der Waals surface area contributed by atoms with Gasteiger partial charge in [-0.05, 0) is 99.8 Å². The number of likely N-dealkylation sites (tertiary alicyclic amines) is 1. The standard InChI is InChI=1S/C26H29F3N6/c27-26(28,29)24-32-25(35(33-24)23-5-3-4-22(31-23)18-6-7-18)30-20-11-8-17-9-12-21(13-10-19(17)16-20)34-14-1-2-15-34/h3-5,8,11,16,18,21H,1-2,6-7,9-10,12-15H2,(H,30,32,33). The van der Waals surface area contributed by atoms with Crippen LogP contribution in [-0.4, -0.2) is 43.8 Å². The molecule has 1 saturated carbocycles. The summed E-state index contributed by atoms with van der Waals surface area (Å²) in [6.07, 6.45) is 4.32. The number of halogens is 3. The van der Waals surface area contributed by atoms with Crippen LogP contribution in [0.4, 0.5) is 24.8 Å². The van der Waals surface area contributed by atoms with Crippen molar-refractivity contribution in [2.45, 2.75) is 69.5 Å². The molecule has 0 radical (unpaired) electrons. The second-order valence-corrected chi connectivity index (χ2v) is 9.95. The lowest BCUT2D eigenvalue weighted by molar-refractivity contribution is -0.144. The molecule has 1 unspecified atom stereocenters. The Morgan fingerprint density at radius 3 is 2.40 bits per heavy atom. The minimum atomic E-state index is -4.64. The van der Waals surface area contributed by atoms with E-state index in [1.807, 2.05) is 18.2 Å². The van der Waals surface area contributed by atoms with Gasteiger partial charge in [-0.3, -0.25) is 0 Å². The highest BCUT2D eigenvalue weighted by molar-refractivity contribution is 5.57. The van der Waals surface area contributed by atoms with E-state index in [1.165, 1.54) is 41.7 Å². The number of benzene rings is 1. The maximum Gasteiger partial charge on any atom is 0.453 e. The Morgan fingerprint density at radius 1 is 0.886 bits per heavy atom. The fraction of sp³-hybridized carbons (Fsp3) is 0.500. The van der Waals surface area contributed by atoms with Crippen molar-refractivity contribution in [3.8, 4) is 5.82 Å². The molecule has 2 aliphatic carbocycles. The first-order valence-electron chi connectivity index (χ1n) is 12.6.